The molecule has 1 amide bonds. The molecular formula is C24H19F2N3O2. The highest BCUT2D eigenvalue weighted by molar-refractivity contribution is 5.94. The Balaban J connectivity index is 1.66. The van der Waals surface area contributed by atoms with Crippen molar-refractivity contribution in [2.24, 2.45) is 0 Å². The van der Waals surface area contributed by atoms with E-state index in [9.17, 15) is 13.6 Å². The number of benzene rings is 3. The summed E-state index contributed by atoms with van der Waals surface area (Å²) >= 11 is 0. The molecule has 0 aliphatic carbocycles. The standard InChI is InChI=1S/C24H19F2N3O2/c1-31-21-12-10-20(11-13-21)29-23(14-22(28-29)17-4-8-19(26)9-5-17)24(30)27-15-16-2-6-18(25)7-3-16/h2-14H,15H2,1H3,(H,27,30). The van der Waals surface area contributed by atoms with Crippen molar-refractivity contribution in [1.82, 2.24) is 15.1 Å². The Kier molecular flexibility index (Phi) is 5.75. The Hall–Kier alpha value is -4.00. The van der Waals surface area contributed by atoms with E-state index < -0.39 is 0 Å². The monoisotopic (exact) mass is 419 g/mol. The van der Waals surface area contributed by atoms with Crippen LogP contribution in [0.4, 0.5) is 8.78 Å². The molecule has 0 saturated heterocycles. The van der Waals surface area contributed by atoms with Gasteiger partial charge in [-0.1, -0.05) is 12.1 Å². The fraction of sp³-hybridized carbons (Fsp3) is 0.0833. The van der Waals surface area contributed by atoms with E-state index in [1.807, 2.05) is 0 Å². The van der Waals surface area contributed by atoms with Gasteiger partial charge in [-0.05, 0) is 72.3 Å². The minimum atomic E-state index is -0.351. The van der Waals surface area contributed by atoms with E-state index in [1.165, 1.54) is 28.9 Å². The summed E-state index contributed by atoms with van der Waals surface area (Å²) in [5.74, 6) is -0.356. The van der Waals surface area contributed by atoms with Crippen molar-refractivity contribution >= 4 is 5.91 Å². The van der Waals surface area contributed by atoms with Crippen LogP contribution in [-0.4, -0.2) is 22.8 Å². The zero-order chi connectivity index (χ0) is 21.8. The minimum absolute atomic E-state index is 0.235. The molecule has 0 aliphatic heterocycles. The first-order valence-corrected chi connectivity index (χ1v) is 9.56. The van der Waals surface area contributed by atoms with E-state index in [2.05, 4.69) is 10.4 Å². The van der Waals surface area contributed by atoms with E-state index in [0.717, 1.165) is 5.56 Å². The molecule has 0 bridgehead atoms. The zero-order valence-corrected chi connectivity index (χ0v) is 16.7. The second-order valence-electron chi connectivity index (χ2n) is 6.84. The Bertz CT molecular complexity index is 1190. The van der Waals surface area contributed by atoms with E-state index >= 15 is 0 Å². The number of amides is 1. The third kappa shape index (κ3) is 4.61. The van der Waals surface area contributed by atoms with Crippen molar-refractivity contribution in [2.45, 2.75) is 6.54 Å². The van der Waals surface area contributed by atoms with E-state index in [1.54, 1.807) is 61.7 Å². The van der Waals surface area contributed by atoms with Gasteiger partial charge in [0.1, 0.15) is 23.1 Å². The van der Waals surface area contributed by atoms with Crippen molar-refractivity contribution in [3.8, 4) is 22.7 Å². The number of nitrogens with one attached hydrogen (secondary N) is 1. The fourth-order valence-corrected chi connectivity index (χ4v) is 3.10. The summed E-state index contributed by atoms with van der Waals surface area (Å²) in [4.78, 5) is 13.0. The van der Waals surface area contributed by atoms with Crippen LogP contribution in [0.25, 0.3) is 16.9 Å². The van der Waals surface area contributed by atoms with Crippen LogP contribution in [0, 0.1) is 11.6 Å². The van der Waals surface area contributed by atoms with Crippen LogP contribution in [0.5, 0.6) is 5.75 Å². The lowest BCUT2D eigenvalue weighted by molar-refractivity contribution is 0.0943. The third-order valence-electron chi connectivity index (χ3n) is 4.77. The summed E-state index contributed by atoms with van der Waals surface area (Å²) in [7, 11) is 1.57. The maximum Gasteiger partial charge on any atom is 0.270 e. The molecule has 156 valence electrons. The Labute approximate surface area is 177 Å². The van der Waals surface area contributed by atoms with Crippen LogP contribution in [0.2, 0.25) is 0 Å². The van der Waals surface area contributed by atoms with Gasteiger partial charge in [0.2, 0.25) is 0 Å². The first kappa shape index (κ1) is 20.3. The fourth-order valence-electron chi connectivity index (χ4n) is 3.10. The molecule has 0 saturated carbocycles. The highest BCUT2D eigenvalue weighted by atomic mass is 19.1. The van der Waals surface area contributed by atoms with Crippen molar-refractivity contribution in [3.63, 3.8) is 0 Å². The van der Waals surface area contributed by atoms with Crippen molar-refractivity contribution in [2.75, 3.05) is 7.11 Å². The molecule has 7 heteroatoms. The summed E-state index contributed by atoms with van der Waals surface area (Å²) in [6.07, 6.45) is 0. The number of nitrogens with zero attached hydrogens (tertiary/aromatic N) is 2. The van der Waals surface area contributed by atoms with E-state index in [-0.39, 0.29) is 24.1 Å². The minimum Gasteiger partial charge on any atom is -0.497 e. The van der Waals surface area contributed by atoms with Crippen molar-refractivity contribution < 1.29 is 18.3 Å². The number of ether oxygens (including phenoxy) is 1. The average Bonchev–Trinajstić information content (AvgIpc) is 3.24. The number of aromatic nitrogens is 2. The summed E-state index contributed by atoms with van der Waals surface area (Å²) in [5, 5.41) is 7.40. The number of hydrogen-bond donors (Lipinski definition) is 1. The molecule has 1 N–H and O–H groups in total. The molecule has 3 aromatic carbocycles. The molecule has 1 heterocycles. The molecule has 0 spiro atoms. The smallest absolute Gasteiger partial charge is 0.270 e. The van der Waals surface area contributed by atoms with Crippen LogP contribution in [-0.2, 0) is 6.54 Å². The van der Waals surface area contributed by atoms with Gasteiger partial charge in [0.15, 0.2) is 0 Å². The number of carbonyl (C=O) groups excluding carboxylic acids is 1. The van der Waals surface area contributed by atoms with Gasteiger partial charge in [-0.15, -0.1) is 0 Å². The second kappa shape index (κ2) is 8.79. The summed E-state index contributed by atoms with van der Waals surface area (Å²) in [5.41, 5.74) is 2.96. The SMILES string of the molecule is COc1ccc(-n2nc(-c3ccc(F)cc3)cc2C(=O)NCc2ccc(F)cc2)cc1. The summed E-state index contributed by atoms with van der Waals surface area (Å²) in [6, 6.07) is 20.6. The van der Waals surface area contributed by atoms with Crippen molar-refractivity contribution in [1.29, 1.82) is 0 Å². The Morgan fingerprint density at radius 1 is 0.935 bits per heavy atom. The van der Waals surface area contributed by atoms with Crippen molar-refractivity contribution in [3.05, 3.63) is 102 Å². The number of hydrogen-bond acceptors (Lipinski definition) is 3. The number of methoxy groups -OCH3 is 1. The van der Waals surface area contributed by atoms with Crippen LogP contribution >= 0.6 is 0 Å². The van der Waals surface area contributed by atoms with Gasteiger partial charge >= 0.3 is 0 Å². The molecule has 0 atom stereocenters. The lowest BCUT2D eigenvalue weighted by atomic mass is 10.1. The van der Waals surface area contributed by atoms with Gasteiger partial charge in [0.05, 0.1) is 18.5 Å². The van der Waals surface area contributed by atoms with Gasteiger partial charge in [-0.3, -0.25) is 4.79 Å². The number of halogens is 2. The van der Waals surface area contributed by atoms with Crippen LogP contribution in [0.3, 0.4) is 0 Å². The van der Waals surface area contributed by atoms with Gasteiger partial charge in [-0.25, -0.2) is 13.5 Å². The maximum absolute atomic E-state index is 13.3. The largest absolute Gasteiger partial charge is 0.497 e. The van der Waals surface area contributed by atoms with Gasteiger partial charge in [-0.2, -0.15) is 5.10 Å². The topological polar surface area (TPSA) is 56.2 Å². The lowest BCUT2D eigenvalue weighted by Gasteiger charge is -2.09. The average molecular weight is 419 g/mol. The summed E-state index contributed by atoms with van der Waals surface area (Å²) < 4.78 is 33.1. The first-order valence-electron chi connectivity index (χ1n) is 9.56. The molecule has 4 aromatic rings. The van der Waals surface area contributed by atoms with Gasteiger partial charge in [0.25, 0.3) is 5.91 Å². The molecule has 1 aromatic heterocycles. The molecule has 0 radical (unpaired) electrons. The molecule has 0 aliphatic rings. The lowest BCUT2D eigenvalue weighted by Crippen LogP contribution is -2.25. The van der Waals surface area contributed by atoms with Crippen LogP contribution in [0.15, 0.2) is 78.9 Å². The first-order chi connectivity index (χ1) is 15.0. The Morgan fingerprint density at radius 3 is 2.16 bits per heavy atom. The second-order valence-corrected chi connectivity index (χ2v) is 6.84. The maximum atomic E-state index is 13.3. The van der Waals surface area contributed by atoms with Gasteiger partial charge in [0, 0.05) is 12.1 Å². The zero-order valence-electron chi connectivity index (χ0n) is 16.7. The Morgan fingerprint density at radius 2 is 1.55 bits per heavy atom. The third-order valence-corrected chi connectivity index (χ3v) is 4.77. The molecular weight excluding hydrogens is 400 g/mol. The predicted octanol–water partition coefficient (Wildman–Crippen LogP) is 4.76. The predicted molar refractivity (Wildman–Crippen MR) is 113 cm³/mol. The molecule has 5 nitrogen and oxygen atoms in total. The van der Waals surface area contributed by atoms with E-state index in [0.29, 0.717) is 28.4 Å². The highest BCUT2D eigenvalue weighted by Gasteiger charge is 2.18. The number of carbonyl (C=O) groups is 1. The molecule has 0 unspecified atom stereocenters. The quantitative estimate of drug-likeness (QED) is 0.490. The van der Waals surface area contributed by atoms with Gasteiger partial charge < -0.3 is 10.1 Å². The highest BCUT2D eigenvalue weighted by Crippen LogP contribution is 2.23. The number of rotatable bonds is 6. The molecule has 0 fully saturated rings. The van der Waals surface area contributed by atoms with Crippen LogP contribution < -0.4 is 10.1 Å². The molecule has 4 rings (SSSR count). The summed E-state index contributed by atoms with van der Waals surface area (Å²) in [6.45, 7) is 0.235. The van der Waals surface area contributed by atoms with Crippen LogP contribution in [0.1, 0.15) is 16.1 Å². The normalized spacial score (nSPS) is 10.7. The molecule has 31 heavy (non-hydrogen) atoms. The van der Waals surface area contributed by atoms with E-state index in [4.69, 9.17) is 4.74 Å².